The van der Waals surface area contributed by atoms with Crippen LogP contribution in [0.15, 0.2) is 36.4 Å². The average Bonchev–Trinajstić information content (AvgIpc) is 2.70. The molecule has 0 bridgehead atoms. The maximum atomic E-state index is 13.3. The third-order valence-corrected chi connectivity index (χ3v) is 3.04. The minimum atomic E-state index is -0.910. The number of benzene rings is 2. The van der Waals surface area contributed by atoms with E-state index in [-0.39, 0.29) is 5.75 Å². The lowest BCUT2D eigenvalue weighted by Gasteiger charge is -2.03. The standard InChI is InChI=1S/C14H10F2N2O/c1-18-13-5-3-9(19)7-12(13)17-14(18)8-2-4-10(15)11(16)6-8/h2-7,19H,1H3. The van der Waals surface area contributed by atoms with Gasteiger partial charge in [-0.1, -0.05) is 0 Å². The Morgan fingerprint density at radius 3 is 2.58 bits per heavy atom. The molecule has 0 saturated heterocycles. The van der Waals surface area contributed by atoms with E-state index in [2.05, 4.69) is 4.98 Å². The van der Waals surface area contributed by atoms with Gasteiger partial charge in [0, 0.05) is 18.7 Å². The molecule has 0 spiro atoms. The lowest BCUT2D eigenvalue weighted by molar-refractivity contribution is 0.476. The lowest BCUT2D eigenvalue weighted by Crippen LogP contribution is -1.94. The molecule has 3 aromatic rings. The van der Waals surface area contributed by atoms with E-state index in [1.54, 1.807) is 23.7 Å². The third kappa shape index (κ3) is 1.83. The normalized spacial score (nSPS) is 11.1. The fourth-order valence-electron chi connectivity index (χ4n) is 2.08. The van der Waals surface area contributed by atoms with Gasteiger partial charge in [-0.05, 0) is 30.3 Å². The minimum Gasteiger partial charge on any atom is -0.508 e. The molecule has 1 aromatic heterocycles. The number of phenols is 1. The van der Waals surface area contributed by atoms with Crippen molar-refractivity contribution >= 4 is 11.0 Å². The molecule has 0 amide bonds. The third-order valence-electron chi connectivity index (χ3n) is 3.04. The second-order valence-corrected chi connectivity index (χ2v) is 4.30. The summed E-state index contributed by atoms with van der Waals surface area (Å²) in [5.74, 6) is -1.17. The first-order valence-corrected chi connectivity index (χ1v) is 5.67. The van der Waals surface area contributed by atoms with Crippen LogP contribution in [0.3, 0.4) is 0 Å². The molecule has 96 valence electrons. The summed E-state index contributed by atoms with van der Waals surface area (Å²) in [6.45, 7) is 0. The van der Waals surface area contributed by atoms with Crippen molar-refractivity contribution < 1.29 is 13.9 Å². The Bertz CT molecular complexity index is 780. The number of halogens is 2. The molecule has 3 rings (SSSR count). The van der Waals surface area contributed by atoms with Gasteiger partial charge in [0.2, 0.25) is 0 Å². The Morgan fingerprint density at radius 2 is 1.84 bits per heavy atom. The number of fused-ring (bicyclic) bond motifs is 1. The molecule has 0 aliphatic heterocycles. The highest BCUT2D eigenvalue weighted by molar-refractivity contribution is 5.81. The van der Waals surface area contributed by atoms with Gasteiger partial charge in [0.25, 0.3) is 0 Å². The molecule has 1 N–H and O–H groups in total. The van der Waals surface area contributed by atoms with Gasteiger partial charge in [-0.3, -0.25) is 0 Å². The van der Waals surface area contributed by atoms with Gasteiger partial charge < -0.3 is 9.67 Å². The molecule has 1 heterocycles. The van der Waals surface area contributed by atoms with Crippen molar-refractivity contribution in [2.75, 3.05) is 0 Å². The first-order chi connectivity index (χ1) is 9.06. The van der Waals surface area contributed by atoms with Crippen molar-refractivity contribution in [2.45, 2.75) is 0 Å². The summed E-state index contributed by atoms with van der Waals surface area (Å²) in [6.07, 6.45) is 0. The van der Waals surface area contributed by atoms with Crippen LogP contribution in [-0.4, -0.2) is 14.7 Å². The molecule has 0 fully saturated rings. The predicted octanol–water partition coefficient (Wildman–Crippen LogP) is 3.22. The molecule has 0 radical (unpaired) electrons. The molecule has 19 heavy (non-hydrogen) atoms. The van der Waals surface area contributed by atoms with Gasteiger partial charge in [0.05, 0.1) is 11.0 Å². The topological polar surface area (TPSA) is 38.0 Å². The quantitative estimate of drug-likeness (QED) is 0.729. The Kier molecular flexibility index (Phi) is 2.48. The second kappa shape index (κ2) is 4.05. The van der Waals surface area contributed by atoms with Gasteiger partial charge >= 0.3 is 0 Å². The monoisotopic (exact) mass is 260 g/mol. The van der Waals surface area contributed by atoms with E-state index < -0.39 is 11.6 Å². The van der Waals surface area contributed by atoms with Gasteiger partial charge in [0.15, 0.2) is 11.6 Å². The largest absolute Gasteiger partial charge is 0.508 e. The molecular weight excluding hydrogens is 250 g/mol. The smallest absolute Gasteiger partial charge is 0.159 e. The Balaban J connectivity index is 2.24. The lowest BCUT2D eigenvalue weighted by atomic mass is 10.2. The van der Waals surface area contributed by atoms with Crippen LogP contribution in [0.4, 0.5) is 8.78 Å². The summed E-state index contributed by atoms with van der Waals surface area (Å²) in [5.41, 5.74) is 1.89. The van der Waals surface area contributed by atoms with Crippen molar-refractivity contribution in [3.63, 3.8) is 0 Å². The van der Waals surface area contributed by atoms with E-state index in [0.29, 0.717) is 16.9 Å². The molecule has 0 atom stereocenters. The number of nitrogens with zero attached hydrogens (tertiary/aromatic N) is 2. The number of aryl methyl sites for hydroxylation is 1. The van der Waals surface area contributed by atoms with Crippen molar-refractivity contribution in [1.29, 1.82) is 0 Å². The van der Waals surface area contributed by atoms with Crippen LogP contribution < -0.4 is 0 Å². The number of imidazole rings is 1. The fraction of sp³-hybridized carbons (Fsp3) is 0.0714. The Labute approximate surface area is 107 Å². The minimum absolute atomic E-state index is 0.113. The zero-order valence-electron chi connectivity index (χ0n) is 10.1. The molecule has 2 aromatic carbocycles. The van der Waals surface area contributed by atoms with E-state index in [1.807, 2.05) is 0 Å². The van der Waals surface area contributed by atoms with Crippen molar-refractivity contribution in [3.05, 3.63) is 48.0 Å². The average molecular weight is 260 g/mol. The van der Waals surface area contributed by atoms with Crippen LogP contribution >= 0.6 is 0 Å². The number of aromatic nitrogens is 2. The van der Waals surface area contributed by atoms with Crippen LogP contribution in [0, 0.1) is 11.6 Å². The number of phenolic OH excluding ortho intramolecular Hbond substituents is 1. The summed E-state index contributed by atoms with van der Waals surface area (Å²) in [7, 11) is 1.78. The molecule has 0 aliphatic rings. The van der Waals surface area contributed by atoms with E-state index in [1.165, 1.54) is 12.1 Å². The van der Waals surface area contributed by atoms with E-state index in [9.17, 15) is 13.9 Å². The Hall–Kier alpha value is -2.43. The highest BCUT2D eigenvalue weighted by atomic mass is 19.2. The summed E-state index contributed by atoms with van der Waals surface area (Å²) >= 11 is 0. The van der Waals surface area contributed by atoms with E-state index in [0.717, 1.165) is 17.6 Å². The molecular formula is C14H10F2N2O. The molecule has 0 unspecified atom stereocenters. The zero-order valence-corrected chi connectivity index (χ0v) is 10.1. The van der Waals surface area contributed by atoms with Gasteiger partial charge in [0.1, 0.15) is 11.6 Å². The number of hydrogen-bond acceptors (Lipinski definition) is 2. The number of aromatic hydroxyl groups is 1. The zero-order chi connectivity index (χ0) is 13.6. The predicted molar refractivity (Wildman–Crippen MR) is 67.7 cm³/mol. The molecule has 0 aliphatic carbocycles. The molecule has 5 heteroatoms. The number of hydrogen-bond donors (Lipinski definition) is 1. The first-order valence-electron chi connectivity index (χ1n) is 5.67. The van der Waals surface area contributed by atoms with E-state index >= 15 is 0 Å². The second-order valence-electron chi connectivity index (χ2n) is 4.30. The Morgan fingerprint density at radius 1 is 1.05 bits per heavy atom. The van der Waals surface area contributed by atoms with Crippen LogP contribution in [0.2, 0.25) is 0 Å². The summed E-state index contributed by atoms with van der Waals surface area (Å²) in [6, 6.07) is 8.45. The van der Waals surface area contributed by atoms with Gasteiger partial charge in [-0.15, -0.1) is 0 Å². The van der Waals surface area contributed by atoms with Crippen molar-refractivity contribution in [2.24, 2.45) is 7.05 Å². The summed E-state index contributed by atoms with van der Waals surface area (Å²) in [5, 5.41) is 9.42. The van der Waals surface area contributed by atoms with Crippen molar-refractivity contribution in [1.82, 2.24) is 9.55 Å². The molecule has 3 nitrogen and oxygen atoms in total. The van der Waals surface area contributed by atoms with Crippen LogP contribution in [0.5, 0.6) is 5.75 Å². The van der Waals surface area contributed by atoms with Crippen LogP contribution in [0.25, 0.3) is 22.4 Å². The summed E-state index contributed by atoms with van der Waals surface area (Å²) < 4.78 is 28.0. The fourth-order valence-corrected chi connectivity index (χ4v) is 2.08. The highest BCUT2D eigenvalue weighted by Crippen LogP contribution is 2.26. The maximum Gasteiger partial charge on any atom is 0.159 e. The van der Waals surface area contributed by atoms with Crippen molar-refractivity contribution in [3.8, 4) is 17.1 Å². The maximum absolute atomic E-state index is 13.3. The molecule has 0 saturated carbocycles. The van der Waals surface area contributed by atoms with Crippen LogP contribution in [-0.2, 0) is 7.05 Å². The van der Waals surface area contributed by atoms with Crippen LogP contribution in [0.1, 0.15) is 0 Å². The van der Waals surface area contributed by atoms with Gasteiger partial charge in [-0.2, -0.15) is 0 Å². The SMILES string of the molecule is Cn1c(-c2ccc(F)c(F)c2)nc2cc(O)ccc21. The first kappa shape index (κ1) is 11.6. The summed E-state index contributed by atoms with van der Waals surface area (Å²) in [4.78, 5) is 4.33. The highest BCUT2D eigenvalue weighted by Gasteiger charge is 2.12. The van der Waals surface area contributed by atoms with Gasteiger partial charge in [-0.25, -0.2) is 13.8 Å². The number of rotatable bonds is 1. The van der Waals surface area contributed by atoms with E-state index in [4.69, 9.17) is 0 Å².